The SMILES string of the molecule is CC1(C)C(C=CC=CC=C2N(CCCS(=O)(=O)O)c3ccc4c(S(=O)(=O)O)cc(S(=O)(=O)O)cc4c3C2(C)CCCS(=O)(=O)O)=[N+](CCCCCC(=O)NC2CCN(C3=NC(N4CCC(N)CC4)N=C(N4CCC(C(=O)O)CC4)N3)CC2)c2ccc3c(S(=O)(=O)O)cc(S(=O)(=O)O)cc3c21. The van der Waals surface area contributed by atoms with Gasteiger partial charge in [-0.15, -0.1) is 0 Å². The number of hydrogen-bond donors (Lipinski definition) is 10. The van der Waals surface area contributed by atoms with Crippen LogP contribution >= 0.6 is 0 Å². The molecule has 1 amide bonds. The third-order valence-corrected chi connectivity index (χ3v) is 24.6. The first-order valence-electron chi connectivity index (χ1n) is 32.6. The molecule has 10 rings (SSSR count). The number of aliphatic carboxylic acids is 1. The van der Waals surface area contributed by atoms with Gasteiger partial charge in [0, 0.05) is 116 Å². The lowest BCUT2D eigenvalue weighted by atomic mass is 9.75. The number of allylic oxidation sites excluding steroid dienone is 6. The van der Waals surface area contributed by atoms with Crippen LogP contribution in [0.4, 0.5) is 11.4 Å². The molecule has 37 heteroatoms. The molecule has 4 aromatic rings. The van der Waals surface area contributed by atoms with Crippen molar-refractivity contribution in [2.75, 3.05) is 68.8 Å². The standard InChI is InChI=1S/C63H82N10O21S6/c1-62(2)53(12-6-4-7-13-54-63(3,25-10-34-95(77,78)79)57-48-37-44(98(86,87)88)39-52(100(92,93)94)46(48)16-18-50(57)73(54)27-11-35-96(80,81)82)72(49-17-15-45-47(56(49)62)36-43(97(83,84)85)38-51(45)99(89,90)91)26-9-5-8-14-55(74)65-42-23-32-71(33-24-42)61-67-59(69-28-19-40(20-29-69)58(75)76)66-60(68-61)70-30-21-41(64)22-31-70/h4,6-7,12-13,15-18,36-42,60H,5,8-11,14,19-35,64H2,1-3H3,(H8-,65,66,67,68,74,75,76,77,78,79,80,81,82,83,84,85,86,87,88,89,90,91,92,93,94)/p+1. The lowest BCUT2D eigenvalue weighted by Crippen LogP contribution is -2.58. The van der Waals surface area contributed by atoms with Crippen molar-refractivity contribution in [1.82, 2.24) is 25.3 Å². The maximum atomic E-state index is 13.6. The molecule has 2 unspecified atom stereocenters. The monoisotopic (exact) mass is 1510 g/mol. The van der Waals surface area contributed by atoms with Crippen molar-refractivity contribution in [3.63, 3.8) is 0 Å². The number of carboxylic acids is 1. The van der Waals surface area contributed by atoms with E-state index in [0.717, 1.165) is 38.1 Å². The van der Waals surface area contributed by atoms with Gasteiger partial charge in [0.25, 0.3) is 60.7 Å². The minimum absolute atomic E-state index is 0.0494. The van der Waals surface area contributed by atoms with Crippen molar-refractivity contribution in [3.8, 4) is 0 Å². The van der Waals surface area contributed by atoms with E-state index in [1.807, 2.05) is 4.58 Å². The lowest BCUT2D eigenvalue weighted by molar-refractivity contribution is -0.438. The van der Waals surface area contributed by atoms with E-state index in [1.54, 1.807) is 62.1 Å². The molecular weight excluding hydrogens is 1430 g/mol. The Labute approximate surface area is 581 Å². The Hall–Kier alpha value is -6.85. The smallest absolute Gasteiger partial charge is 0.306 e. The molecule has 0 spiro atoms. The molecule has 3 fully saturated rings. The molecule has 100 heavy (non-hydrogen) atoms. The van der Waals surface area contributed by atoms with E-state index in [1.165, 1.54) is 18.2 Å². The van der Waals surface area contributed by atoms with Crippen molar-refractivity contribution in [2.45, 2.75) is 153 Å². The average Bonchev–Trinajstić information content (AvgIpc) is 1.52. The molecule has 2 atom stereocenters. The molecule has 0 aliphatic carbocycles. The van der Waals surface area contributed by atoms with Gasteiger partial charge in [-0.2, -0.15) is 55.1 Å². The molecule has 31 nitrogen and oxygen atoms in total. The molecule has 6 aliphatic heterocycles. The third-order valence-electron chi connectivity index (χ3n) is 19.6. The molecule has 11 N–H and O–H groups in total. The maximum absolute atomic E-state index is 13.6. The van der Waals surface area contributed by atoms with Gasteiger partial charge in [-0.1, -0.05) is 24.3 Å². The van der Waals surface area contributed by atoms with Gasteiger partial charge in [0.2, 0.25) is 29.8 Å². The topological polar surface area (TPSA) is 471 Å². The van der Waals surface area contributed by atoms with Crippen LogP contribution in [0, 0.1) is 5.92 Å². The predicted octanol–water partition coefficient (Wildman–Crippen LogP) is 5.04. The summed E-state index contributed by atoms with van der Waals surface area (Å²) in [4.78, 5) is 40.0. The number of fused-ring (bicyclic) bond motifs is 6. The number of nitrogens with one attached hydrogen (secondary N) is 2. The first-order chi connectivity index (χ1) is 46.6. The molecule has 0 bridgehead atoms. The number of hydrogen-bond acceptors (Lipinski definition) is 22. The molecule has 3 saturated heterocycles. The number of amides is 1. The highest BCUT2D eigenvalue weighted by molar-refractivity contribution is 7.87. The number of guanidine groups is 2. The molecule has 0 radical (unpaired) electrons. The van der Waals surface area contributed by atoms with Gasteiger partial charge in [0.05, 0.1) is 32.6 Å². The van der Waals surface area contributed by atoms with Crippen LogP contribution in [0.1, 0.15) is 115 Å². The minimum Gasteiger partial charge on any atom is -0.481 e. The molecule has 4 aromatic carbocycles. The van der Waals surface area contributed by atoms with Gasteiger partial charge in [-0.05, 0) is 150 Å². The first-order valence-corrected chi connectivity index (χ1v) is 41.6. The summed E-state index contributed by atoms with van der Waals surface area (Å²) in [6.45, 7) is 9.01. The second kappa shape index (κ2) is 29.1. The fraction of sp³-hybridized carbons (Fsp3) is 0.508. The zero-order valence-electron chi connectivity index (χ0n) is 55.1. The number of rotatable bonds is 24. The number of carboxylic acid groups (broad SMARTS) is 1. The van der Waals surface area contributed by atoms with Crippen LogP contribution in [0.25, 0.3) is 21.5 Å². The van der Waals surface area contributed by atoms with E-state index in [4.69, 9.17) is 15.7 Å². The van der Waals surface area contributed by atoms with E-state index in [9.17, 15) is 92.5 Å². The zero-order chi connectivity index (χ0) is 72.9. The Balaban J connectivity index is 0.909. The Morgan fingerprint density at radius 1 is 0.630 bits per heavy atom. The van der Waals surface area contributed by atoms with Crippen molar-refractivity contribution >= 4 is 123 Å². The zero-order valence-corrected chi connectivity index (χ0v) is 60.0. The quantitative estimate of drug-likeness (QED) is 0.0190. The summed E-state index contributed by atoms with van der Waals surface area (Å²) in [6.07, 6.45) is 12.5. The average molecular weight is 1510 g/mol. The number of unbranched alkanes of at least 4 members (excludes halogenated alkanes) is 2. The third kappa shape index (κ3) is 17.1. The van der Waals surface area contributed by atoms with Crippen LogP contribution in [0.2, 0.25) is 0 Å². The summed E-state index contributed by atoms with van der Waals surface area (Å²) in [6, 6.07) is 9.01. The maximum Gasteiger partial charge on any atom is 0.306 e. The van der Waals surface area contributed by atoms with Crippen LogP contribution in [0.3, 0.4) is 0 Å². The fourth-order valence-corrected chi connectivity index (χ4v) is 18.3. The molecular formula is C63H83N10O21S6+. The second-order valence-electron chi connectivity index (χ2n) is 26.8. The Bertz CT molecular complexity index is 4840. The van der Waals surface area contributed by atoms with Crippen molar-refractivity contribution in [2.24, 2.45) is 21.6 Å². The van der Waals surface area contributed by atoms with Crippen LogP contribution in [-0.2, 0) is 81.1 Å². The van der Waals surface area contributed by atoms with Gasteiger partial charge in [-0.25, -0.2) is 9.98 Å². The Morgan fingerprint density at radius 2 is 1.17 bits per heavy atom. The summed E-state index contributed by atoms with van der Waals surface area (Å²) in [5, 5.41) is 16.0. The van der Waals surface area contributed by atoms with E-state index in [2.05, 4.69) is 25.3 Å². The summed E-state index contributed by atoms with van der Waals surface area (Å²) in [7, 11) is -29.7. The van der Waals surface area contributed by atoms with Crippen LogP contribution in [0.5, 0.6) is 0 Å². The predicted molar refractivity (Wildman–Crippen MR) is 371 cm³/mol. The number of anilines is 1. The van der Waals surface area contributed by atoms with Gasteiger partial charge in [-0.3, -0.25) is 47.1 Å². The number of carbonyl (C=O) groups is 2. The van der Waals surface area contributed by atoms with Crippen molar-refractivity contribution in [1.29, 1.82) is 0 Å². The van der Waals surface area contributed by atoms with E-state index >= 15 is 0 Å². The van der Waals surface area contributed by atoms with Crippen molar-refractivity contribution < 1.29 is 97.1 Å². The van der Waals surface area contributed by atoms with Gasteiger partial charge in [0.15, 0.2) is 5.71 Å². The van der Waals surface area contributed by atoms with E-state index in [0.29, 0.717) is 124 Å². The fourth-order valence-electron chi connectivity index (χ4n) is 14.6. The number of benzene rings is 4. The van der Waals surface area contributed by atoms with E-state index < -0.39 is 121 Å². The molecule has 6 heterocycles. The summed E-state index contributed by atoms with van der Waals surface area (Å²) in [5.41, 5.74) is 5.84. The molecule has 0 aromatic heterocycles. The van der Waals surface area contributed by atoms with Gasteiger partial charge < -0.3 is 30.9 Å². The van der Waals surface area contributed by atoms with E-state index in [-0.39, 0.29) is 83.0 Å². The molecule has 546 valence electrons. The number of carbonyl (C=O) groups excluding carboxylic acids is 1. The lowest BCUT2D eigenvalue weighted by Gasteiger charge is -2.41. The summed E-state index contributed by atoms with van der Waals surface area (Å²) in [5.74, 6) is -1.56. The first kappa shape index (κ1) is 75.8. The normalized spacial score (nSPS) is 21.6. The number of nitrogens with two attached hydrogens (primary N) is 1. The Morgan fingerprint density at radius 3 is 1.71 bits per heavy atom. The second-order valence-corrected chi connectivity index (χ2v) is 35.6. The number of likely N-dealkylation sites (tertiary alicyclic amines) is 3. The number of aliphatic imine (C=N–C) groups is 2. The van der Waals surface area contributed by atoms with Gasteiger partial charge >= 0.3 is 5.97 Å². The highest BCUT2D eigenvalue weighted by Crippen LogP contribution is 2.54. The highest BCUT2D eigenvalue weighted by atomic mass is 32.2. The largest absolute Gasteiger partial charge is 0.481 e. The van der Waals surface area contributed by atoms with Crippen LogP contribution in [-0.4, -0.2) is 214 Å². The molecule has 6 aliphatic rings. The summed E-state index contributed by atoms with van der Waals surface area (Å²) < 4.78 is 214. The minimum atomic E-state index is -5.21. The Kier molecular flexibility index (Phi) is 22.1. The van der Waals surface area contributed by atoms with Gasteiger partial charge in [0.1, 0.15) is 16.3 Å². The van der Waals surface area contributed by atoms with Crippen molar-refractivity contribution in [3.05, 3.63) is 95.7 Å². The van der Waals surface area contributed by atoms with Crippen LogP contribution < -0.4 is 21.3 Å². The van der Waals surface area contributed by atoms with Crippen LogP contribution in [0.15, 0.2) is 114 Å². The summed E-state index contributed by atoms with van der Waals surface area (Å²) >= 11 is 0. The highest BCUT2D eigenvalue weighted by Gasteiger charge is 2.48. The number of nitrogens with zero attached hydrogens (tertiary/aromatic N) is 7. The molecule has 0 saturated carbocycles. The number of piperidine rings is 3.